The van der Waals surface area contributed by atoms with Crippen molar-refractivity contribution in [2.75, 3.05) is 38.1 Å². The number of anilines is 1. The number of carbonyl (C=O) groups excluding carboxylic acids is 1. The van der Waals surface area contributed by atoms with E-state index in [1.165, 1.54) is 12.2 Å². The molecule has 1 N–H and O–H groups in total. The molecule has 1 aliphatic heterocycles. The lowest BCUT2D eigenvalue weighted by Gasteiger charge is -2.34. The number of ketones is 1. The van der Waals surface area contributed by atoms with Gasteiger partial charge in [0.1, 0.15) is 0 Å². The van der Waals surface area contributed by atoms with Crippen molar-refractivity contribution < 1.29 is 14.7 Å². The van der Waals surface area contributed by atoms with Gasteiger partial charge < -0.3 is 14.9 Å². The monoisotopic (exact) mass is 377 g/mol. The number of piperazine rings is 1. The quantitative estimate of drug-likeness (QED) is 0.616. The van der Waals surface area contributed by atoms with Crippen molar-refractivity contribution in [3.05, 3.63) is 71.6 Å². The number of rotatable bonds is 6. The molecule has 2 aromatic rings. The number of allylic oxidation sites excluding steroid dienone is 1. The molecule has 1 aliphatic rings. The first-order valence-corrected chi connectivity index (χ1v) is 9.14. The van der Waals surface area contributed by atoms with Crippen molar-refractivity contribution in [2.45, 2.75) is 0 Å². The molecule has 144 valence electrons. The molecule has 1 aromatic heterocycles. The van der Waals surface area contributed by atoms with Gasteiger partial charge in [0.25, 0.3) is 0 Å². The molecule has 0 spiro atoms. The molecule has 0 amide bonds. The van der Waals surface area contributed by atoms with Crippen LogP contribution in [0.2, 0.25) is 0 Å². The number of likely N-dealkylation sites (N-methyl/N-ethyl adjacent to an activating group) is 1. The molecule has 0 radical (unpaired) electrons. The van der Waals surface area contributed by atoms with Crippen LogP contribution in [0.5, 0.6) is 0 Å². The van der Waals surface area contributed by atoms with Gasteiger partial charge in [-0.1, -0.05) is 18.2 Å². The topological polar surface area (TPSA) is 73.7 Å². The number of carbonyl (C=O) groups is 2. The summed E-state index contributed by atoms with van der Waals surface area (Å²) in [5.41, 5.74) is 3.05. The second kappa shape index (κ2) is 9.10. The van der Waals surface area contributed by atoms with Crippen molar-refractivity contribution in [2.24, 2.45) is 0 Å². The second-order valence-electron chi connectivity index (χ2n) is 6.73. The zero-order chi connectivity index (χ0) is 19.9. The maximum atomic E-state index is 12.5. The summed E-state index contributed by atoms with van der Waals surface area (Å²) in [5.74, 6) is -1.08. The van der Waals surface area contributed by atoms with Crippen LogP contribution in [0.3, 0.4) is 0 Å². The number of carboxylic acids is 1. The van der Waals surface area contributed by atoms with Gasteiger partial charge in [-0.2, -0.15) is 0 Å². The normalized spacial score (nSPS) is 15.4. The summed E-state index contributed by atoms with van der Waals surface area (Å²) in [4.78, 5) is 31.8. The third kappa shape index (κ3) is 5.37. The highest BCUT2D eigenvalue weighted by atomic mass is 16.4. The van der Waals surface area contributed by atoms with Gasteiger partial charge in [-0.15, -0.1) is 0 Å². The maximum Gasteiger partial charge on any atom is 0.328 e. The standard InChI is InChI=1S/C22H23N3O3/c1-24-11-13-25(14-12-24)20-4-2-3-18(15-20)21(26)9-6-17-5-7-19(23-16-17)8-10-22(27)28/h2-10,15-16H,11-14H2,1H3,(H,27,28)/b9-6+,10-8+. The highest BCUT2D eigenvalue weighted by Crippen LogP contribution is 2.18. The molecular formula is C22H23N3O3. The predicted molar refractivity (Wildman–Crippen MR) is 110 cm³/mol. The minimum absolute atomic E-state index is 0.0640. The Hall–Kier alpha value is -3.25. The van der Waals surface area contributed by atoms with Crippen molar-refractivity contribution >= 4 is 29.6 Å². The van der Waals surface area contributed by atoms with Crippen LogP contribution in [0.15, 0.2) is 54.7 Å². The van der Waals surface area contributed by atoms with Gasteiger partial charge >= 0.3 is 5.97 Å². The number of benzene rings is 1. The first-order valence-electron chi connectivity index (χ1n) is 9.14. The SMILES string of the molecule is CN1CCN(c2cccc(C(=O)/C=C/c3ccc(/C=C/C(=O)O)nc3)c2)CC1. The van der Waals surface area contributed by atoms with E-state index in [4.69, 9.17) is 5.11 Å². The molecule has 0 saturated carbocycles. The third-order valence-corrected chi connectivity index (χ3v) is 4.63. The van der Waals surface area contributed by atoms with Gasteiger partial charge in [0.2, 0.25) is 0 Å². The third-order valence-electron chi connectivity index (χ3n) is 4.63. The molecule has 0 bridgehead atoms. The fourth-order valence-electron chi connectivity index (χ4n) is 2.96. The van der Waals surface area contributed by atoms with Crippen LogP contribution in [0.25, 0.3) is 12.2 Å². The zero-order valence-electron chi connectivity index (χ0n) is 15.8. The summed E-state index contributed by atoms with van der Waals surface area (Å²) in [6, 6.07) is 11.2. The molecule has 1 saturated heterocycles. The Labute approximate surface area is 164 Å². The van der Waals surface area contributed by atoms with Crippen LogP contribution in [0.1, 0.15) is 21.6 Å². The summed E-state index contributed by atoms with van der Waals surface area (Å²) in [6.45, 7) is 3.95. The van der Waals surface area contributed by atoms with Crippen LogP contribution in [-0.2, 0) is 4.79 Å². The summed E-state index contributed by atoms with van der Waals surface area (Å²) < 4.78 is 0. The molecule has 2 heterocycles. The molecule has 6 heteroatoms. The Morgan fingerprint density at radius 2 is 1.82 bits per heavy atom. The zero-order valence-corrected chi connectivity index (χ0v) is 15.8. The van der Waals surface area contributed by atoms with Gasteiger partial charge in [-0.3, -0.25) is 9.78 Å². The summed E-state index contributed by atoms with van der Waals surface area (Å²) in [7, 11) is 2.12. The average molecular weight is 377 g/mol. The van der Waals surface area contributed by atoms with Crippen LogP contribution in [0.4, 0.5) is 5.69 Å². The summed E-state index contributed by atoms with van der Waals surface area (Å²) in [5, 5.41) is 8.63. The first kappa shape index (κ1) is 19.5. The van der Waals surface area contributed by atoms with E-state index in [-0.39, 0.29) is 5.78 Å². The second-order valence-corrected chi connectivity index (χ2v) is 6.73. The molecule has 3 rings (SSSR count). The minimum atomic E-state index is -1.02. The van der Waals surface area contributed by atoms with E-state index < -0.39 is 5.97 Å². The van der Waals surface area contributed by atoms with Crippen molar-refractivity contribution in [3.63, 3.8) is 0 Å². The van der Waals surface area contributed by atoms with E-state index in [1.54, 1.807) is 24.4 Å². The van der Waals surface area contributed by atoms with Crippen molar-refractivity contribution in [1.82, 2.24) is 9.88 Å². The van der Waals surface area contributed by atoms with Gasteiger partial charge in [0.05, 0.1) is 5.69 Å². The molecule has 28 heavy (non-hydrogen) atoms. The molecule has 0 unspecified atom stereocenters. The largest absolute Gasteiger partial charge is 0.478 e. The Morgan fingerprint density at radius 3 is 2.50 bits per heavy atom. The fraction of sp³-hybridized carbons (Fsp3) is 0.227. The van der Waals surface area contributed by atoms with E-state index in [0.717, 1.165) is 43.5 Å². The van der Waals surface area contributed by atoms with Crippen LogP contribution >= 0.6 is 0 Å². The lowest BCUT2D eigenvalue weighted by atomic mass is 10.1. The van der Waals surface area contributed by atoms with Crippen LogP contribution in [-0.4, -0.2) is 60.0 Å². The smallest absolute Gasteiger partial charge is 0.328 e. The Bertz CT molecular complexity index is 895. The number of carboxylic acid groups (broad SMARTS) is 1. The Balaban J connectivity index is 1.66. The number of nitrogens with zero attached hydrogens (tertiary/aromatic N) is 3. The van der Waals surface area contributed by atoms with Gasteiger partial charge in [-0.05, 0) is 49.0 Å². The van der Waals surface area contributed by atoms with E-state index in [2.05, 4.69) is 21.8 Å². The highest BCUT2D eigenvalue weighted by molar-refractivity contribution is 6.07. The van der Waals surface area contributed by atoms with Crippen LogP contribution in [0, 0.1) is 0 Å². The molecule has 0 aliphatic carbocycles. The highest BCUT2D eigenvalue weighted by Gasteiger charge is 2.15. The summed E-state index contributed by atoms with van der Waals surface area (Å²) in [6.07, 6.45) is 7.31. The maximum absolute atomic E-state index is 12.5. The number of hydrogen-bond acceptors (Lipinski definition) is 5. The van der Waals surface area contributed by atoms with E-state index in [0.29, 0.717) is 11.3 Å². The molecule has 1 aromatic carbocycles. The van der Waals surface area contributed by atoms with Gasteiger partial charge in [-0.25, -0.2) is 4.79 Å². The number of hydrogen-bond donors (Lipinski definition) is 1. The Morgan fingerprint density at radius 1 is 1.04 bits per heavy atom. The van der Waals surface area contributed by atoms with Crippen molar-refractivity contribution in [1.29, 1.82) is 0 Å². The predicted octanol–water partition coefficient (Wildman–Crippen LogP) is 2.83. The first-order chi connectivity index (χ1) is 13.5. The average Bonchev–Trinajstić information content (AvgIpc) is 2.72. The van der Waals surface area contributed by atoms with Gasteiger partial charge in [0, 0.05) is 49.7 Å². The molecule has 1 fully saturated rings. The lowest BCUT2D eigenvalue weighted by molar-refractivity contribution is -0.131. The van der Waals surface area contributed by atoms with E-state index >= 15 is 0 Å². The van der Waals surface area contributed by atoms with E-state index in [9.17, 15) is 9.59 Å². The molecule has 0 atom stereocenters. The fourth-order valence-corrected chi connectivity index (χ4v) is 2.96. The molecule has 6 nitrogen and oxygen atoms in total. The minimum Gasteiger partial charge on any atom is -0.478 e. The molecular weight excluding hydrogens is 354 g/mol. The van der Waals surface area contributed by atoms with Crippen molar-refractivity contribution in [3.8, 4) is 0 Å². The van der Waals surface area contributed by atoms with Crippen LogP contribution < -0.4 is 4.90 Å². The lowest BCUT2D eigenvalue weighted by Crippen LogP contribution is -2.44. The summed E-state index contributed by atoms with van der Waals surface area (Å²) >= 11 is 0. The van der Waals surface area contributed by atoms with E-state index in [1.807, 2.05) is 24.3 Å². The number of aromatic nitrogens is 1. The van der Waals surface area contributed by atoms with Gasteiger partial charge in [0.15, 0.2) is 5.78 Å². The number of pyridine rings is 1. The Kier molecular flexibility index (Phi) is 6.34. The number of aliphatic carboxylic acids is 1.